The Balaban J connectivity index is 2.05. The lowest BCUT2D eigenvalue weighted by Crippen LogP contribution is -2.19. The first-order valence-corrected chi connectivity index (χ1v) is 10.5. The van der Waals surface area contributed by atoms with E-state index in [-0.39, 0.29) is 22.1 Å². The standard InChI is InChI=1S/C18H16FN3O4S2/c1-20-28(25,26)14-8-9-15(16(11-14)22(23)24)21-18(17-3-2-10-27-17)12-4-6-13(19)7-5-12/h2-11,18,20-21H,1H3. The highest BCUT2D eigenvalue weighted by molar-refractivity contribution is 7.89. The Hall–Kier alpha value is -2.82. The largest absolute Gasteiger partial charge is 0.368 e. The summed E-state index contributed by atoms with van der Waals surface area (Å²) in [5.41, 5.74) is 0.493. The third kappa shape index (κ3) is 4.19. The van der Waals surface area contributed by atoms with E-state index >= 15 is 0 Å². The van der Waals surface area contributed by atoms with Crippen molar-refractivity contribution in [1.82, 2.24) is 4.72 Å². The first kappa shape index (κ1) is 19.9. The van der Waals surface area contributed by atoms with Crippen LogP contribution in [-0.4, -0.2) is 20.4 Å². The van der Waals surface area contributed by atoms with Gasteiger partial charge in [0, 0.05) is 10.9 Å². The van der Waals surface area contributed by atoms with Gasteiger partial charge in [-0.1, -0.05) is 18.2 Å². The van der Waals surface area contributed by atoms with Gasteiger partial charge in [-0.05, 0) is 48.3 Å². The Morgan fingerprint density at radius 1 is 1.14 bits per heavy atom. The van der Waals surface area contributed by atoms with Crippen molar-refractivity contribution < 1.29 is 17.7 Å². The molecule has 0 bridgehead atoms. The molecule has 0 aliphatic rings. The highest BCUT2D eigenvalue weighted by Crippen LogP contribution is 2.35. The predicted octanol–water partition coefficient (Wildman–Crippen LogP) is 3.91. The molecule has 0 radical (unpaired) electrons. The van der Waals surface area contributed by atoms with Crippen LogP contribution in [0.15, 0.2) is 64.9 Å². The number of anilines is 1. The summed E-state index contributed by atoms with van der Waals surface area (Å²) in [7, 11) is -2.59. The SMILES string of the molecule is CNS(=O)(=O)c1ccc(NC(c2ccc(F)cc2)c2cccs2)c([N+](=O)[O-])c1. The Kier molecular flexibility index (Phi) is 5.73. The second-order valence-electron chi connectivity index (χ2n) is 5.79. The van der Waals surface area contributed by atoms with Gasteiger partial charge >= 0.3 is 0 Å². The molecular formula is C18H16FN3O4S2. The quantitative estimate of drug-likeness (QED) is 0.445. The molecule has 1 atom stereocenters. The molecular weight excluding hydrogens is 405 g/mol. The van der Waals surface area contributed by atoms with Crippen LogP contribution in [0.1, 0.15) is 16.5 Å². The molecule has 0 saturated carbocycles. The summed E-state index contributed by atoms with van der Waals surface area (Å²) < 4.78 is 39.4. The Morgan fingerprint density at radius 2 is 1.86 bits per heavy atom. The molecule has 0 fully saturated rings. The van der Waals surface area contributed by atoms with Gasteiger partial charge in [-0.3, -0.25) is 10.1 Å². The van der Waals surface area contributed by atoms with Gasteiger partial charge in [0.2, 0.25) is 10.0 Å². The minimum Gasteiger partial charge on any atom is -0.368 e. The van der Waals surface area contributed by atoms with Gasteiger partial charge in [-0.2, -0.15) is 0 Å². The fourth-order valence-electron chi connectivity index (χ4n) is 2.65. The smallest absolute Gasteiger partial charge is 0.293 e. The molecule has 10 heteroatoms. The summed E-state index contributed by atoms with van der Waals surface area (Å²) in [6, 6.07) is 12.7. The van der Waals surface area contributed by atoms with Gasteiger partial charge in [0.25, 0.3) is 5.69 Å². The summed E-state index contributed by atoms with van der Waals surface area (Å²) in [5, 5.41) is 16.5. The minimum atomic E-state index is -3.82. The molecule has 0 aliphatic carbocycles. The lowest BCUT2D eigenvalue weighted by molar-refractivity contribution is -0.384. The summed E-state index contributed by atoms with van der Waals surface area (Å²) >= 11 is 1.44. The molecule has 2 N–H and O–H groups in total. The summed E-state index contributed by atoms with van der Waals surface area (Å²) in [6.07, 6.45) is 0. The van der Waals surface area contributed by atoms with Crippen LogP contribution < -0.4 is 10.0 Å². The number of benzene rings is 2. The molecule has 3 rings (SSSR count). The molecule has 0 aliphatic heterocycles. The molecule has 2 aromatic carbocycles. The Bertz CT molecular complexity index is 1080. The molecule has 0 spiro atoms. The number of nitrogens with zero attached hydrogens (tertiary/aromatic N) is 1. The molecule has 0 saturated heterocycles. The van der Waals surface area contributed by atoms with E-state index in [1.54, 1.807) is 12.1 Å². The first-order valence-electron chi connectivity index (χ1n) is 8.09. The second-order valence-corrected chi connectivity index (χ2v) is 8.65. The minimum absolute atomic E-state index is 0.155. The first-order chi connectivity index (χ1) is 13.3. The zero-order chi connectivity index (χ0) is 20.3. The topological polar surface area (TPSA) is 101 Å². The fraction of sp³-hybridized carbons (Fsp3) is 0.111. The lowest BCUT2D eigenvalue weighted by Gasteiger charge is -2.19. The van der Waals surface area contributed by atoms with Gasteiger partial charge in [0.1, 0.15) is 11.5 Å². The number of nitro benzene ring substituents is 1. The molecule has 0 amide bonds. The van der Waals surface area contributed by atoms with Crippen molar-refractivity contribution in [2.75, 3.05) is 12.4 Å². The van der Waals surface area contributed by atoms with E-state index in [0.29, 0.717) is 5.56 Å². The molecule has 146 valence electrons. The van der Waals surface area contributed by atoms with E-state index in [9.17, 15) is 22.9 Å². The number of hydrogen-bond donors (Lipinski definition) is 2. The average Bonchev–Trinajstić information content (AvgIpc) is 3.21. The fourth-order valence-corrected chi connectivity index (χ4v) is 4.21. The van der Waals surface area contributed by atoms with Crippen molar-refractivity contribution in [1.29, 1.82) is 0 Å². The van der Waals surface area contributed by atoms with Gasteiger partial charge in [-0.25, -0.2) is 17.5 Å². The van der Waals surface area contributed by atoms with E-state index in [2.05, 4.69) is 10.0 Å². The predicted molar refractivity (Wildman–Crippen MR) is 106 cm³/mol. The molecule has 1 unspecified atom stereocenters. The van der Waals surface area contributed by atoms with Crippen molar-refractivity contribution in [2.24, 2.45) is 0 Å². The number of rotatable bonds is 7. The van der Waals surface area contributed by atoms with Crippen molar-refractivity contribution in [3.05, 3.63) is 86.3 Å². The van der Waals surface area contributed by atoms with E-state index in [1.165, 1.54) is 42.6 Å². The highest BCUT2D eigenvalue weighted by atomic mass is 32.2. The van der Waals surface area contributed by atoms with Crippen LogP contribution in [0, 0.1) is 15.9 Å². The lowest BCUT2D eigenvalue weighted by atomic mass is 10.0. The third-order valence-electron chi connectivity index (χ3n) is 4.08. The average molecular weight is 421 g/mol. The number of sulfonamides is 1. The molecule has 3 aromatic rings. The number of halogens is 1. The van der Waals surface area contributed by atoms with Gasteiger partial charge in [-0.15, -0.1) is 11.3 Å². The molecule has 7 nitrogen and oxygen atoms in total. The number of nitrogens with one attached hydrogen (secondary N) is 2. The molecule has 1 heterocycles. The van der Waals surface area contributed by atoms with Crippen molar-refractivity contribution in [3.8, 4) is 0 Å². The number of nitro groups is 1. The van der Waals surface area contributed by atoms with E-state index in [4.69, 9.17) is 0 Å². The normalized spacial score (nSPS) is 12.5. The molecule has 28 heavy (non-hydrogen) atoms. The van der Waals surface area contributed by atoms with Gasteiger partial charge in [0.15, 0.2) is 0 Å². The van der Waals surface area contributed by atoms with Crippen LogP contribution in [-0.2, 0) is 10.0 Å². The maximum atomic E-state index is 13.3. The second kappa shape index (κ2) is 8.05. The third-order valence-corrected chi connectivity index (χ3v) is 6.42. The van der Waals surface area contributed by atoms with Crippen LogP contribution in [0.5, 0.6) is 0 Å². The zero-order valence-corrected chi connectivity index (χ0v) is 16.3. The maximum Gasteiger partial charge on any atom is 0.293 e. The van der Waals surface area contributed by atoms with Crippen molar-refractivity contribution in [3.63, 3.8) is 0 Å². The molecule has 1 aromatic heterocycles. The van der Waals surface area contributed by atoms with Crippen LogP contribution in [0.3, 0.4) is 0 Å². The van der Waals surface area contributed by atoms with E-state index < -0.39 is 21.0 Å². The van der Waals surface area contributed by atoms with Gasteiger partial charge in [0.05, 0.1) is 15.9 Å². The summed E-state index contributed by atoms with van der Waals surface area (Å²) in [5.74, 6) is -0.388. The van der Waals surface area contributed by atoms with Crippen LogP contribution in [0.25, 0.3) is 0 Å². The summed E-state index contributed by atoms with van der Waals surface area (Å²) in [4.78, 5) is 11.6. The Morgan fingerprint density at radius 3 is 2.43 bits per heavy atom. The van der Waals surface area contributed by atoms with E-state index in [1.807, 2.05) is 17.5 Å². The maximum absolute atomic E-state index is 13.3. The number of thiophene rings is 1. The van der Waals surface area contributed by atoms with Crippen LogP contribution in [0.2, 0.25) is 0 Å². The number of hydrogen-bond acceptors (Lipinski definition) is 6. The zero-order valence-electron chi connectivity index (χ0n) is 14.6. The highest BCUT2D eigenvalue weighted by Gasteiger charge is 2.24. The summed E-state index contributed by atoms with van der Waals surface area (Å²) in [6.45, 7) is 0. The van der Waals surface area contributed by atoms with Crippen LogP contribution in [0.4, 0.5) is 15.8 Å². The van der Waals surface area contributed by atoms with Gasteiger partial charge < -0.3 is 5.32 Å². The monoisotopic (exact) mass is 421 g/mol. The van der Waals surface area contributed by atoms with Crippen molar-refractivity contribution in [2.45, 2.75) is 10.9 Å². The van der Waals surface area contributed by atoms with Crippen molar-refractivity contribution >= 4 is 32.7 Å². The Labute approximate surface area is 165 Å². The van der Waals surface area contributed by atoms with E-state index in [0.717, 1.165) is 10.9 Å². The van der Waals surface area contributed by atoms with Crippen LogP contribution >= 0.6 is 11.3 Å².